The molecule has 3 nitrogen and oxygen atoms in total. The van der Waals surface area contributed by atoms with Gasteiger partial charge in [0.15, 0.2) is 0 Å². The molecule has 0 unspecified atom stereocenters. The minimum absolute atomic E-state index is 0.777. The zero-order valence-corrected chi connectivity index (χ0v) is 9.66. The highest BCUT2D eigenvalue weighted by Crippen LogP contribution is 2.17. The van der Waals surface area contributed by atoms with Crippen molar-refractivity contribution >= 4 is 11.4 Å². The van der Waals surface area contributed by atoms with Gasteiger partial charge in [-0.05, 0) is 37.6 Å². The van der Waals surface area contributed by atoms with Crippen molar-refractivity contribution in [3.63, 3.8) is 0 Å². The predicted octanol–water partition coefficient (Wildman–Crippen LogP) is 1.90. The van der Waals surface area contributed by atoms with E-state index in [0.717, 1.165) is 25.9 Å². The summed E-state index contributed by atoms with van der Waals surface area (Å²) >= 11 is 0. The second kappa shape index (κ2) is 6.30. The maximum Gasteiger partial charge on any atom is 0.0381 e. The van der Waals surface area contributed by atoms with E-state index in [0.29, 0.717) is 0 Å². The van der Waals surface area contributed by atoms with Crippen LogP contribution in [0.3, 0.4) is 0 Å². The highest BCUT2D eigenvalue weighted by Gasteiger charge is 1.96. The highest BCUT2D eigenvalue weighted by atomic mass is 15.1. The van der Waals surface area contributed by atoms with E-state index in [1.807, 2.05) is 14.1 Å². The smallest absolute Gasteiger partial charge is 0.0381 e. The van der Waals surface area contributed by atoms with Crippen LogP contribution in [0.4, 0.5) is 11.4 Å². The van der Waals surface area contributed by atoms with Gasteiger partial charge in [0.2, 0.25) is 0 Å². The summed E-state index contributed by atoms with van der Waals surface area (Å²) in [6, 6.07) is 8.42. The molecule has 0 aliphatic carbocycles. The quantitative estimate of drug-likeness (QED) is 0.700. The molecule has 0 saturated heterocycles. The molecule has 3 heteroatoms. The molecule has 0 atom stereocenters. The number of rotatable bonds is 6. The van der Waals surface area contributed by atoms with Gasteiger partial charge in [-0.3, -0.25) is 0 Å². The van der Waals surface area contributed by atoms with E-state index in [-0.39, 0.29) is 0 Å². The van der Waals surface area contributed by atoms with Crippen molar-refractivity contribution in [1.29, 1.82) is 0 Å². The van der Waals surface area contributed by atoms with Crippen LogP contribution >= 0.6 is 0 Å². The Morgan fingerprint density at radius 3 is 2.73 bits per heavy atom. The molecule has 0 bridgehead atoms. The Labute approximate surface area is 92.3 Å². The lowest BCUT2D eigenvalue weighted by Gasteiger charge is -2.14. The van der Waals surface area contributed by atoms with Crippen LogP contribution < -0.4 is 16.0 Å². The summed E-state index contributed by atoms with van der Waals surface area (Å²) in [6.45, 7) is 1.77. The molecule has 0 aliphatic rings. The molecule has 0 spiro atoms. The van der Waals surface area contributed by atoms with Crippen molar-refractivity contribution < 1.29 is 0 Å². The third-order valence-corrected chi connectivity index (χ3v) is 2.32. The van der Waals surface area contributed by atoms with E-state index in [2.05, 4.69) is 34.5 Å². The number of hydrogen-bond donors (Lipinski definition) is 2. The maximum absolute atomic E-state index is 5.44. The Hall–Kier alpha value is -1.22. The molecule has 0 heterocycles. The van der Waals surface area contributed by atoms with Crippen LogP contribution in [0.15, 0.2) is 24.3 Å². The highest BCUT2D eigenvalue weighted by molar-refractivity contribution is 5.57. The monoisotopic (exact) mass is 207 g/mol. The van der Waals surface area contributed by atoms with Gasteiger partial charge in [-0.2, -0.15) is 0 Å². The fraction of sp³-hybridized carbons (Fsp3) is 0.500. The van der Waals surface area contributed by atoms with Crippen molar-refractivity contribution in [2.75, 3.05) is 37.4 Å². The summed E-state index contributed by atoms with van der Waals surface area (Å²) in [5.41, 5.74) is 7.84. The first-order valence-electron chi connectivity index (χ1n) is 5.45. The minimum Gasteiger partial charge on any atom is -0.385 e. The van der Waals surface area contributed by atoms with Gasteiger partial charge in [-0.1, -0.05) is 6.07 Å². The summed E-state index contributed by atoms with van der Waals surface area (Å²) in [7, 11) is 4.10. The number of nitrogens with one attached hydrogen (secondary N) is 1. The maximum atomic E-state index is 5.44. The predicted molar refractivity (Wildman–Crippen MR) is 67.5 cm³/mol. The molecular formula is C12H21N3. The number of hydrogen-bond acceptors (Lipinski definition) is 3. The molecule has 0 aliphatic heterocycles. The molecule has 1 rings (SSSR count). The van der Waals surface area contributed by atoms with E-state index in [9.17, 15) is 0 Å². The molecule has 0 radical (unpaired) electrons. The molecule has 15 heavy (non-hydrogen) atoms. The molecule has 0 amide bonds. The van der Waals surface area contributed by atoms with Crippen molar-refractivity contribution in [3.8, 4) is 0 Å². The third kappa shape index (κ3) is 4.21. The van der Waals surface area contributed by atoms with Crippen LogP contribution in [0.2, 0.25) is 0 Å². The van der Waals surface area contributed by atoms with Gasteiger partial charge >= 0.3 is 0 Å². The molecule has 0 saturated carbocycles. The van der Waals surface area contributed by atoms with Gasteiger partial charge < -0.3 is 16.0 Å². The molecule has 3 N–H and O–H groups in total. The van der Waals surface area contributed by atoms with Gasteiger partial charge in [0.05, 0.1) is 0 Å². The zero-order valence-electron chi connectivity index (χ0n) is 9.66. The minimum atomic E-state index is 0.777. The Bertz CT molecular complexity index is 284. The van der Waals surface area contributed by atoms with Crippen LogP contribution in [0.1, 0.15) is 12.8 Å². The molecule has 1 aromatic rings. The Morgan fingerprint density at radius 2 is 2.07 bits per heavy atom. The summed E-state index contributed by atoms with van der Waals surface area (Å²) in [4.78, 5) is 2.10. The van der Waals surface area contributed by atoms with E-state index in [4.69, 9.17) is 5.73 Å². The third-order valence-electron chi connectivity index (χ3n) is 2.32. The number of unbranched alkanes of at least 4 members (excludes halogenated alkanes) is 1. The zero-order chi connectivity index (χ0) is 11.1. The average molecular weight is 207 g/mol. The second-order valence-corrected chi connectivity index (χ2v) is 3.87. The Kier molecular flexibility index (Phi) is 4.98. The van der Waals surface area contributed by atoms with Crippen molar-refractivity contribution in [2.24, 2.45) is 5.73 Å². The van der Waals surface area contributed by atoms with Crippen molar-refractivity contribution in [2.45, 2.75) is 12.8 Å². The first kappa shape index (κ1) is 11.9. The molecular weight excluding hydrogens is 186 g/mol. The molecule has 84 valence electrons. The normalized spacial score (nSPS) is 10.1. The van der Waals surface area contributed by atoms with Crippen molar-refractivity contribution in [1.82, 2.24) is 0 Å². The number of benzene rings is 1. The molecule has 0 fully saturated rings. The molecule has 1 aromatic carbocycles. The summed E-state index contributed by atoms with van der Waals surface area (Å²) in [5.74, 6) is 0. The fourth-order valence-electron chi connectivity index (χ4n) is 1.40. The van der Waals surface area contributed by atoms with Crippen LogP contribution in [-0.2, 0) is 0 Å². The Balaban J connectivity index is 2.43. The first-order valence-corrected chi connectivity index (χ1v) is 5.45. The average Bonchev–Trinajstić information content (AvgIpc) is 2.25. The van der Waals surface area contributed by atoms with Crippen LogP contribution in [0, 0.1) is 0 Å². The topological polar surface area (TPSA) is 41.3 Å². The largest absolute Gasteiger partial charge is 0.385 e. The van der Waals surface area contributed by atoms with E-state index in [1.165, 1.54) is 11.4 Å². The lowest BCUT2D eigenvalue weighted by Crippen LogP contribution is -2.09. The van der Waals surface area contributed by atoms with Gasteiger partial charge in [-0.25, -0.2) is 0 Å². The second-order valence-electron chi connectivity index (χ2n) is 3.87. The van der Waals surface area contributed by atoms with Gasteiger partial charge in [-0.15, -0.1) is 0 Å². The summed E-state index contributed by atoms with van der Waals surface area (Å²) < 4.78 is 0. The van der Waals surface area contributed by atoms with E-state index >= 15 is 0 Å². The van der Waals surface area contributed by atoms with Crippen LogP contribution in [0.25, 0.3) is 0 Å². The van der Waals surface area contributed by atoms with Gasteiger partial charge in [0.25, 0.3) is 0 Å². The standard InChI is InChI=1S/C12H21N3/c1-15(2)12-7-5-6-11(10-12)14-9-4-3-8-13/h5-7,10,14H,3-4,8-9,13H2,1-2H3. The fourth-order valence-corrected chi connectivity index (χ4v) is 1.40. The van der Waals surface area contributed by atoms with Crippen molar-refractivity contribution in [3.05, 3.63) is 24.3 Å². The number of nitrogens with zero attached hydrogens (tertiary/aromatic N) is 1. The molecule has 0 aromatic heterocycles. The van der Waals surface area contributed by atoms with Crippen LogP contribution in [0.5, 0.6) is 0 Å². The number of nitrogens with two attached hydrogens (primary N) is 1. The van der Waals surface area contributed by atoms with Gasteiger partial charge in [0.1, 0.15) is 0 Å². The summed E-state index contributed by atoms with van der Waals surface area (Å²) in [5, 5.41) is 3.39. The van der Waals surface area contributed by atoms with E-state index < -0.39 is 0 Å². The number of anilines is 2. The SMILES string of the molecule is CN(C)c1cccc(NCCCCN)c1. The Morgan fingerprint density at radius 1 is 1.27 bits per heavy atom. The van der Waals surface area contributed by atoms with Crippen LogP contribution in [-0.4, -0.2) is 27.2 Å². The summed E-state index contributed by atoms with van der Waals surface area (Å²) in [6.07, 6.45) is 2.21. The van der Waals surface area contributed by atoms with E-state index in [1.54, 1.807) is 0 Å². The first-order chi connectivity index (χ1) is 7.24. The van der Waals surface area contributed by atoms with Gasteiger partial charge in [0, 0.05) is 32.0 Å². The lowest BCUT2D eigenvalue weighted by atomic mass is 10.2. The lowest BCUT2D eigenvalue weighted by molar-refractivity contribution is 0.774.